The van der Waals surface area contributed by atoms with Gasteiger partial charge in [0.15, 0.2) is 0 Å². The number of halogens is 3. The molecule has 0 aromatic carbocycles. The second-order valence-electron chi connectivity index (χ2n) is 5.55. The van der Waals surface area contributed by atoms with E-state index >= 15 is 0 Å². The number of carbonyl (C=O) groups is 1. The molecule has 1 aromatic heterocycles. The summed E-state index contributed by atoms with van der Waals surface area (Å²) in [7, 11) is 0. The molecule has 7 heteroatoms. The number of hydrogen-bond acceptors (Lipinski definition) is 2. The molecule has 21 heavy (non-hydrogen) atoms. The number of carbonyl (C=O) groups excluding carboxylic acids is 1. The number of aromatic nitrogens is 2. The predicted octanol–water partition coefficient (Wildman–Crippen LogP) is 3.20. The van der Waals surface area contributed by atoms with Crippen molar-refractivity contribution in [2.45, 2.75) is 58.3 Å². The van der Waals surface area contributed by atoms with E-state index in [4.69, 9.17) is 0 Å². The summed E-state index contributed by atoms with van der Waals surface area (Å²) >= 11 is 0. The van der Waals surface area contributed by atoms with Crippen molar-refractivity contribution in [1.82, 2.24) is 14.9 Å². The van der Waals surface area contributed by atoms with Crippen molar-refractivity contribution in [2.75, 3.05) is 0 Å². The molecular formula is C14H20F3N3O. The van der Waals surface area contributed by atoms with Crippen molar-refractivity contribution in [3.8, 4) is 0 Å². The number of imidazole rings is 1. The number of nitrogens with zero attached hydrogens (tertiary/aromatic N) is 2. The van der Waals surface area contributed by atoms with Crippen LogP contribution in [0.25, 0.3) is 0 Å². The maximum Gasteiger partial charge on any atom is 0.403 e. The van der Waals surface area contributed by atoms with Gasteiger partial charge in [0.2, 0.25) is 5.91 Å². The SMILES string of the molecule is CCn1ccnc1C(C)NC(=O)C1(C(F)(F)F)CCCC1. The fourth-order valence-electron chi connectivity index (χ4n) is 2.99. The Bertz CT molecular complexity index is 504. The van der Waals surface area contributed by atoms with Crippen LogP contribution in [0.3, 0.4) is 0 Å². The van der Waals surface area contributed by atoms with Gasteiger partial charge < -0.3 is 9.88 Å². The number of hydrogen-bond donors (Lipinski definition) is 1. The van der Waals surface area contributed by atoms with Crippen molar-refractivity contribution in [3.63, 3.8) is 0 Å². The molecule has 0 saturated heterocycles. The van der Waals surface area contributed by atoms with Crippen LogP contribution in [-0.2, 0) is 11.3 Å². The van der Waals surface area contributed by atoms with E-state index < -0.39 is 23.5 Å². The van der Waals surface area contributed by atoms with E-state index in [1.54, 1.807) is 23.9 Å². The second-order valence-corrected chi connectivity index (χ2v) is 5.55. The summed E-state index contributed by atoms with van der Waals surface area (Å²) in [6, 6.07) is -0.549. The summed E-state index contributed by atoms with van der Waals surface area (Å²) in [5, 5.41) is 2.50. The summed E-state index contributed by atoms with van der Waals surface area (Å²) in [6.45, 7) is 4.22. The van der Waals surface area contributed by atoms with Crippen LogP contribution in [0.15, 0.2) is 12.4 Å². The number of nitrogens with one attached hydrogen (secondary N) is 1. The first kappa shape index (κ1) is 15.9. The summed E-state index contributed by atoms with van der Waals surface area (Å²) in [4.78, 5) is 16.4. The average Bonchev–Trinajstić information content (AvgIpc) is 3.07. The first-order chi connectivity index (χ1) is 9.82. The standard InChI is InChI=1S/C14H20F3N3O/c1-3-20-9-8-18-11(20)10(2)19-12(21)13(14(15,16)17)6-4-5-7-13/h8-10H,3-7H2,1-2H3,(H,19,21). The minimum absolute atomic E-state index is 0.128. The molecule has 4 nitrogen and oxygen atoms in total. The fraction of sp³-hybridized carbons (Fsp3) is 0.714. The molecule has 1 N–H and O–H groups in total. The van der Waals surface area contributed by atoms with Gasteiger partial charge in [-0.25, -0.2) is 4.98 Å². The third-order valence-electron chi connectivity index (χ3n) is 4.26. The van der Waals surface area contributed by atoms with Crippen molar-refractivity contribution in [1.29, 1.82) is 0 Å². The molecule has 1 saturated carbocycles. The minimum atomic E-state index is -4.51. The van der Waals surface area contributed by atoms with Gasteiger partial charge in [0.05, 0.1) is 6.04 Å². The van der Waals surface area contributed by atoms with Gasteiger partial charge in [0, 0.05) is 18.9 Å². The molecule has 1 aromatic rings. The van der Waals surface area contributed by atoms with E-state index in [9.17, 15) is 18.0 Å². The largest absolute Gasteiger partial charge is 0.403 e. The molecule has 1 aliphatic rings. The van der Waals surface area contributed by atoms with E-state index in [0.717, 1.165) is 0 Å². The Hall–Kier alpha value is -1.53. The summed E-state index contributed by atoms with van der Waals surface area (Å²) in [5.41, 5.74) is -2.23. The molecule has 2 rings (SSSR count). The molecule has 1 heterocycles. The van der Waals surface area contributed by atoms with Gasteiger partial charge >= 0.3 is 6.18 Å². The number of alkyl halides is 3. The maximum atomic E-state index is 13.3. The summed E-state index contributed by atoms with van der Waals surface area (Å²) < 4.78 is 41.8. The molecule has 0 aliphatic heterocycles. The monoisotopic (exact) mass is 303 g/mol. The molecule has 1 unspecified atom stereocenters. The Kier molecular flexibility index (Phi) is 4.30. The Morgan fingerprint density at radius 1 is 1.48 bits per heavy atom. The Labute approximate surface area is 121 Å². The molecular weight excluding hydrogens is 283 g/mol. The van der Waals surface area contributed by atoms with E-state index in [0.29, 0.717) is 25.2 Å². The second kappa shape index (κ2) is 5.69. The molecule has 1 amide bonds. The van der Waals surface area contributed by atoms with Gasteiger partial charge in [-0.2, -0.15) is 13.2 Å². The third-order valence-corrected chi connectivity index (χ3v) is 4.26. The molecule has 0 bridgehead atoms. The number of aryl methyl sites for hydroxylation is 1. The van der Waals surface area contributed by atoms with Gasteiger partial charge in [0.25, 0.3) is 0 Å². The lowest BCUT2D eigenvalue weighted by Crippen LogP contribution is -2.49. The van der Waals surface area contributed by atoms with Gasteiger partial charge in [-0.15, -0.1) is 0 Å². The van der Waals surface area contributed by atoms with Crippen LogP contribution in [0, 0.1) is 5.41 Å². The van der Waals surface area contributed by atoms with Crippen LogP contribution in [0.1, 0.15) is 51.4 Å². The van der Waals surface area contributed by atoms with Crippen molar-refractivity contribution in [3.05, 3.63) is 18.2 Å². The number of rotatable bonds is 4. The highest BCUT2D eigenvalue weighted by molar-refractivity contribution is 5.84. The van der Waals surface area contributed by atoms with Crippen molar-refractivity contribution in [2.24, 2.45) is 5.41 Å². The third kappa shape index (κ3) is 2.78. The topological polar surface area (TPSA) is 46.9 Å². The number of amides is 1. The molecule has 0 radical (unpaired) electrons. The highest BCUT2D eigenvalue weighted by atomic mass is 19.4. The quantitative estimate of drug-likeness (QED) is 0.928. The van der Waals surface area contributed by atoms with E-state index in [-0.39, 0.29) is 12.8 Å². The maximum absolute atomic E-state index is 13.3. The van der Waals surface area contributed by atoms with E-state index in [1.165, 1.54) is 0 Å². The van der Waals surface area contributed by atoms with Crippen LogP contribution in [0.2, 0.25) is 0 Å². The molecule has 1 atom stereocenters. The Morgan fingerprint density at radius 3 is 2.62 bits per heavy atom. The predicted molar refractivity (Wildman–Crippen MR) is 71.4 cm³/mol. The van der Waals surface area contributed by atoms with Crippen LogP contribution in [-0.4, -0.2) is 21.6 Å². The lowest BCUT2D eigenvalue weighted by molar-refractivity contribution is -0.220. The fourth-order valence-corrected chi connectivity index (χ4v) is 2.99. The molecule has 0 spiro atoms. The highest BCUT2D eigenvalue weighted by Crippen LogP contribution is 2.50. The van der Waals surface area contributed by atoms with Crippen molar-refractivity contribution < 1.29 is 18.0 Å². The average molecular weight is 303 g/mol. The Balaban J connectivity index is 2.16. The van der Waals surface area contributed by atoms with Crippen LogP contribution in [0.5, 0.6) is 0 Å². The minimum Gasteiger partial charge on any atom is -0.346 e. The van der Waals surface area contributed by atoms with Gasteiger partial charge in [-0.05, 0) is 26.7 Å². The summed E-state index contributed by atoms with van der Waals surface area (Å²) in [5.74, 6) is -0.355. The van der Waals surface area contributed by atoms with Gasteiger partial charge in [-0.3, -0.25) is 4.79 Å². The smallest absolute Gasteiger partial charge is 0.346 e. The molecule has 1 fully saturated rings. The van der Waals surface area contributed by atoms with Gasteiger partial charge in [0.1, 0.15) is 11.2 Å². The molecule has 118 valence electrons. The lowest BCUT2D eigenvalue weighted by Gasteiger charge is -2.31. The zero-order valence-electron chi connectivity index (χ0n) is 12.2. The summed E-state index contributed by atoms with van der Waals surface area (Å²) in [6.07, 6.45) is -0.568. The normalized spacial score (nSPS) is 19.5. The van der Waals surface area contributed by atoms with E-state index in [1.807, 2.05) is 6.92 Å². The van der Waals surface area contributed by atoms with Crippen LogP contribution < -0.4 is 5.32 Å². The zero-order valence-corrected chi connectivity index (χ0v) is 12.2. The first-order valence-electron chi connectivity index (χ1n) is 7.20. The Morgan fingerprint density at radius 2 is 2.10 bits per heavy atom. The van der Waals surface area contributed by atoms with Crippen molar-refractivity contribution >= 4 is 5.91 Å². The zero-order chi connectivity index (χ0) is 15.7. The molecule has 1 aliphatic carbocycles. The first-order valence-corrected chi connectivity index (χ1v) is 7.20. The van der Waals surface area contributed by atoms with E-state index in [2.05, 4.69) is 10.3 Å². The van der Waals surface area contributed by atoms with Gasteiger partial charge in [-0.1, -0.05) is 12.8 Å². The lowest BCUT2D eigenvalue weighted by atomic mass is 9.84. The van der Waals surface area contributed by atoms with Crippen LogP contribution in [0.4, 0.5) is 13.2 Å². The highest BCUT2D eigenvalue weighted by Gasteiger charge is 2.61. The van der Waals surface area contributed by atoms with Crippen LogP contribution >= 0.6 is 0 Å².